The molecule has 0 bridgehead atoms. The van der Waals surface area contributed by atoms with Crippen LogP contribution in [0.1, 0.15) is 25.5 Å². The lowest BCUT2D eigenvalue weighted by Crippen LogP contribution is -2.25. The average molecular weight is 195 g/mol. The molecular weight excluding hydrogens is 178 g/mol. The average Bonchev–Trinajstić information content (AvgIpc) is 2.58. The summed E-state index contributed by atoms with van der Waals surface area (Å²) in [5.74, 6) is 0.0988. The molecule has 0 radical (unpaired) electrons. The molecule has 0 saturated heterocycles. The highest BCUT2D eigenvalue weighted by Gasteiger charge is 2.02. The van der Waals surface area contributed by atoms with E-state index in [1.54, 1.807) is 6.20 Å². The zero-order valence-corrected chi connectivity index (χ0v) is 8.79. The van der Waals surface area contributed by atoms with E-state index in [0.717, 1.165) is 18.7 Å². The Balaban J connectivity index is 2.27. The highest BCUT2D eigenvalue weighted by atomic mass is 16.1. The summed E-state index contributed by atoms with van der Waals surface area (Å²) in [5, 5.41) is 6.94. The van der Waals surface area contributed by atoms with Gasteiger partial charge in [0.25, 0.3) is 0 Å². The molecule has 14 heavy (non-hydrogen) atoms. The van der Waals surface area contributed by atoms with Gasteiger partial charge in [0.15, 0.2) is 0 Å². The molecule has 1 aromatic heterocycles. The van der Waals surface area contributed by atoms with Crippen molar-refractivity contribution >= 4 is 5.91 Å². The van der Waals surface area contributed by atoms with Crippen molar-refractivity contribution in [3.05, 3.63) is 18.0 Å². The molecule has 0 aromatic carbocycles. The Kier molecular flexibility index (Phi) is 4.16. The fourth-order valence-electron chi connectivity index (χ4n) is 1.19. The number of nitrogens with zero attached hydrogens (tertiary/aromatic N) is 2. The summed E-state index contributed by atoms with van der Waals surface area (Å²) in [6.45, 7) is 5.44. The van der Waals surface area contributed by atoms with Crippen molar-refractivity contribution in [3.8, 4) is 0 Å². The van der Waals surface area contributed by atoms with Crippen LogP contribution in [0.5, 0.6) is 0 Å². The number of carbonyl (C=O) groups is 1. The van der Waals surface area contributed by atoms with Crippen LogP contribution in [0.25, 0.3) is 0 Å². The Hall–Kier alpha value is -1.32. The van der Waals surface area contributed by atoms with E-state index in [2.05, 4.69) is 10.4 Å². The van der Waals surface area contributed by atoms with Crippen molar-refractivity contribution in [1.29, 1.82) is 0 Å². The van der Waals surface area contributed by atoms with Gasteiger partial charge in [0.2, 0.25) is 5.91 Å². The van der Waals surface area contributed by atoms with Gasteiger partial charge >= 0.3 is 0 Å². The highest BCUT2D eigenvalue weighted by molar-refractivity contribution is 5.75. The molecule has 0 saturated carbocycles. The predicted molar refractivity (Wildman–Crippen MR) is 54.9 cm³/mol. The molecule has 4 nitrogen and oxygen atoms in total. The third-order valence-electron chi connectivity index (χ3n) is 2.05. The number of hydrogen-bond donors (Lipinski definition) is 1. The minimum atomic E-state index is 0.0988. The van der Waals surface area contributed by atoms with Gasteiger partial charge in [0.05, 0.1) is 0 Å². The largest absolute Gasteiger partial charge is 0.356 e. The topological polar surface area (TPSA) is 46.9 Å². The standard InChI is InChI=1S/C10H17N3O/c1-3-6-11-10(14)5-8-13-9(2)4-7-12-13/h4,7H,3,5-6,8H2,1-2H3,(H,11,14). The van der Waals surface area contributed by atoms with E-state index < -0.39 is 0 Å². The van der Waals surface area contributed by atoms with Crippen molar-refractivity contribution in [2.24, 2.45) is 0 Å². The second kappa shape index (κ2) is 5.42. The Labute approximate surface area is 84.3 Å². The van der Waals surface area contributed by atoms with Crippen LogP contribution in [0.2, 0.25) is 0 Å². The second-order valence-corrected chi connectivity index (χ2v) is 3.30. The van der Waals surface area contributed by atoms with Gasteiger partial charge in [-0.3, -0.25) is 9.48 Å². The molecule has 78 valence electrons. The van der Waals surface area contributed by atoms with Crippen molar-refractivity contribution in [1.82, 2.24) is 15.1 Å². The molecule has 1 N–H and O–H groups in total. The number of amides is 1. The first-order valence-electron chi connectivity index (χ1n) is 4.99. The van der Waals surface area contributed by atoms with Gasteiger partial charge in [0, 0.05) is 31.4 Å². The van der Waals surface area contributed by atoms with Crippen LogP contribution in [0.4, 0.5) is 0 Å². The minimum absolute atomic E-state index is 0.0988. The Morgan fingerprint density at radius 1 is 1.64 bits per heavy atom. The van der Waals surface area contributed by atoms with E-state index in [9.17, 15) is 4.79 Å². The normalized spacial score (nSPS) is 10.1. The van der Waals surface area contributed by atoms with E-state index in [1.807, 2.05) is 24.6 Å². The van der Waals surface area contributed by atoms with Gasteiger partial charge in [0.1, 0.15) is 0 Å². The summed E-state index contributed by atoms with van der Waals surface area (Å²) in [6, 6.07) is 1.93. The molecular formula is C10H17N3O. The number of rotatable bonds is 5. The second-order valence-electron chi connectivity index (χ2n) is 3.30. The maximum atomic E-state index is 11.3. The van der Waals surface area contributed by atoms with Gasteiger partial charge in [-0.1, -0.05) is 6.92 Å². The van der Waals surface area contributed by atoms with E-state index in [0.29, 0.717) is 13.0 Å². The molecule has 4 heteroatoms. The lowest BCUT2D eigenvalue weighted by atomic mass is 10.3. The zero-order chi connectivity index (χ0) is 10.4. The van der Waals surface area contributed by atoms with Crippen LogP contribution in [0.15, 0.2) is 12.3 Å². The smallest absolute Gasteiger partial charge is 0.221 e. The number of aryl methyl sites for hydroxylation is 2. The molecule has 1 rings (SSSR count). The van der Waals surface area contributed by atoms with Crippen LogP contribution in [0, 0.1) is 6.92 Å². The molecule has 0 unspecified atom stereocenters. The number of hydrogen-bond acceptors (Lipinski definition) is 2. The first-order chi connectivity index (χ1) is 6.74. The lowest BCUT2D eigenvalue weighted by molar-refractivity contribution is -0.121. The highest BCUT2D eigenvalue weighted by Crippen LogP contribution is 1.97. The van der Waals surface area contributed by atoms with Crippen LogP contribution in [-0.4, -0.2) is 22.2 Å². The summed E-state index contributed by atoms with van der Waals surface area (Å²) in [7, 11) is 0. The van der Waals surface area contributed by atoms with Gasteiger partial charge in [-0.15, -0.1) is 0 Å². The van der Waals surface area contributed by atoms with Gasteiger partial charge < -0.3 is 5.32 Å². The molecule has 0 aliphatic rings. The van der Waals surface area contributed by atoms with Crippen LogP contribution < -0.4 is 5.32 Å². The Morgan fingerprint density at radius 2 is 2.43 bits per heavy atom. The molecule has 1 amide bonds. The van der Waals surface area contributed by atoms with E-state index >= 15 is 0 Å². The summed E-state index contributed by atoms with van der Waals surface area (Å²) in [6.07, 6.45) is 3.23. The van der Waals surface area contributed by atoms with E-state index in [1.165, 1.54) is 0 Å². The minimum Gasteiger partial charge on any atom is -0.356 e. The van der Waals surface area contributed by atoms with Gasteiger partial charge in [-0.2, -0.15) is 5.10 Å². The van der Waals surface area contributed by atoms with Gasteiger partial charge in [-0.25, -0.2) is 0 Å². The van der Waals surface area contributed by atoms with Gasteiger partial charge in [-0.05, 0) is 19.4 Å². The number of aromatic nitrogens is 2. The van der Waals surface area contributed by atoms with Crippen LogP contribution in [-0.2, 0) is 11.3 Å². The fourth-order valence-corrected chi connectivity index (χ4v) is 1.19. The summed E-state index contributed by atoms with van der Waals surface area (Å²) < 4.78 is 1.84. The predicted octanol–water partition coefficient (Wildman–Crippen LogP) is 1.11. The Bertz CT molecular complexity index is 293. The third kappa shape index (κ3) is 3.20. The van der Waals surface area contributed by atoms with Crippen molar-refractivity contribution < 1.29 is 4.79 Å². The van der Waals surface area contributed by atoms with Crippen LogP contribution >= 0.6 is 0 Å². The van der Waals surface area contributed by atoms with Crippen molar-refractivity contribution in [2.45, 2.75) is 33.2 Å². The maximum absolute atomic E-state index is 11.3. The fraction of sp³-hybridized carbons (Fsp3) is 0.600. The van der Waals surface area contributed by atoms with Crippen molar-refractivity contribution in [3.63, 3.8) is 0 Å². The van der Waals surface area contributed by atoms with E-state index in [4.69, 9.17) is 0 Å². The van der Waals surface area contributed by atoms with Crippen LogP contribution in [0.3, 0.4) is 0 Å². The zero-order valence-electron chi connectivity index (χ0n) is 8.79. The Morgan fingerprint density at radius 3 is 3.00 bits per heavy atom. The quantitative estimate of drug-likeness (QED) is 0.765. The first-order valence-corrected chi connectivity index (χ1v) is 4.99. The molecule has 0 aliphatic carbocycles. The van der Waals surface area contributed by atoms with E-state index in [-0.39, 0.29) is 5.91 Å². The summed E-state index contributed by atoms with van der Waals surface area (Å²) in [5.41, 5.74) is 1.09. The molecule has 0 fully saturated rings. The summed E-state index contributed by atoms with van der Waals surface area (Å²) in [4.78, 5) is 11.3. The lowest BCUT2D eigenvalue weighted by Gasteiger charge is -2.05. The monoisotopic (exact) mass is 195 g/mol. The summed E-state index contributed by atoms with van der Waals surface area (Å²) >= 11 is 0. The number of carbonyl (C=O) groups excluding carboxylic acids is 1. The molecule has 0 atom stereocenters. The van der Waals surface area contributed by atoms with Crippen molar-refractivity contribution in [2.75, 3.05) is 6.54 Å². The molecule has 0 spiro atoms. The number of nitrogens with one attached hydrogen (secondary N) is 1. The maximum Gasteiger partial charge on any atom is 0.221 e. The SMILES string of the molecule is CCCNC(=O)CCn1nccc1C. The molecule has 1 aromatic rings. The molecule has 1 heterocycles. The third-order valence-corrected chi connectivity index (χ3v) is 2.05. The first kappa shape index (κ1) is 10.8. The molecule has 0 aliphatic heterocycles.